The molecule has 0 amide bonds. The average molecular weight is 675 g/mol. The highest BCUT2D eigenvalue weighted by Gasteiger charge is 2.27. The lowest BCUT2D eigenvalue weighted by Crippen LogP contribution is -2.28. The second-order valence-corrected chi connectivity index (χ2v) is 14.3. The van der Waals surface area contributed by atoms with Crippen molar-refractivity contribution in [3.63, 3.8) is 0 Å². The molecule has 6 rings (SSSR count). The van der Waals surface area contributed by atoms with E-state index >= 15 is 0 Å². The smallest absolute Gasteiger partial charge is 0.193 e. The third kappa shape index (κ3) is 7.97. The number of carbonyl (C=O) groups is 2. The Bertz CT molecular complexity index is 2140. The minimum Gasteiger partial charge on any atom is -0.483 e. The lowest BCUT2D eigenvalue weighted by atomic mass is 9.80. The first-order valence-corrected chi connectivity index (χ1v) is 17.9. The van der Waals surface area contributed by atoms with Crippen LogP contribution in [0.3, 0.4) is 0 Å². The molecule has 4 nitrogen and oxygen atoms in total. The van der Waals surface area contributed by atoms with E-state index in [9.17, 15) is 9.59 Å². The minimum atomic E-state index is -0.579. The largest absolute Gasteiger partial charge is 0.483 e. The van der Waals surface area contributed by atoms with Crippen molar-refractivity contribution in [1.29, 1.82) is 0 Å². The van der Waals surface area contributed by atoms with Crippen molar-refractivity contribution in [1.82, 2.24) is 0 Å². The van der Waals surface area contributed by atoms with Crippen molar-refractivity contribution in [2.75, 3.05) is 0 Å². The topological polar surface area (TPSA) is 52.6 Å². The predicted molar refractivity (Wildman–Crippen MR) is 208 cm³/mol. The van der Waals surface area contributed by atoms with Gasteiger partial charge in [-0.15, -0.1) is 0 Å². The molecular weight excluding hydrogens is 629 g/mol. The number of hydrogen-bond acceptors (Lipinski definition) is 4. The van der Waals surface area contributed by atoms with Crippen molar-refractivity contribution in [3.05, 3.63) is 172 Å². The fourth-order valence-electron chi connectivity index (χ4n) is 6.59. The molecular formula is C47H46O4. The summed E-state index contributed by atoms with van der Waals surface area (Å²) in [7, 11) is 0. The van der Waals surface area contributed by atoms with E-state index in [0.717, 1.165) is 46.9 Å². The quantitative estimate of drug-likeness (QED) is 0.114. The van der Waals surface area contributed by atoms with Crippen molar-refractivity contribution in [2.24, 2.45) is 0 Å². The summed E-state index contributed by atoms with van der Waals surface area (Å²) >= 11 is 0. The molecule has 0 aromatic heterocycles. The first kappa shape index (κ1) is 35.3. The zero-order valence-corrected chi connectivity index (χ0v) is 30.5. The first-order valence-electron chi connectivity index (χ1n) is 17.9. The lowest BCUT2D eigenvalue weighted by Gasteiger charge is -2.30. The highest BCUT2D eigenvalue weighted by Crippen LogP contribution is 2.35. The molecule has 0 aliphatic heterocycles. The Balaban J connectivity index is 1.11. The summed E-state index contributed by atoms with van der Waals surface area (Å²) in [5.74, 6) is 2.13. The molecule has 0 spiro atoms. The van der Waals surface area contributed by atoms with Gasteiger partial charge in [-0.3, -0.25) is 9.59 Å². The van der Waals surface area contributed by atoms with E-state index in [0.29, 0.717) is 33.8 Å². The van der Waals surface area contributed by atoms with Gasteiger partial charge in [0, 0.05) is 22.3 Å². The molecule has 0 bridgehead atoms. The fourth-order valence-corrected chi connectivity index (χ4v) is 6.59. The van der Waals surface area contributed by atoms with Crippen molar-refractivity contribution in [3.8, 4) is 17.2 Å². The third-order valence-corrected chi connectivity index (χ3v) is 10.0. The van der Waals surface area contributed by atoms with Gasteiger partial charge in [-0.25, -0.2) is 0 Å². The van der Waals surface area contributed by atoms with Gasteiger partial charge in [-0.1, -0.05) is 125 Å². The maximum atomic E-state index is 13.2. The van der Waals surface area contributed by atoms with Crippen LogP contribution in [0.2, 0.25) is 0 Å². The van der Waals surface area contributed by atoms with Crippen LogP contribution in [0, 0.1) is 6.92 Å². The normalized spacial score (nSPS) is 12.7. The van der Waals surface area contributed by atoms with Crippen LogP contribution < -0.4 is 9.47 Å². The Morgan fingerprint density at radius 3 is 1.47 bits per heavy atom. The summed E-state index contributed by atoms with van der Waals surface area (Å²) in [5.41, 5.74) is 5.53. The number of aryl methyl sites for hydroxylation is 1. The molecule has 0 saturated heterocycles. The van der Waals surface area contributed by atoms with E-state index in [4.69, 9.17) is 9.47 Å². The summed E-state index contributed by atoms with van der Waals surface area (Å²) in [6, 6.07) is 42.8. The second-order valence-electron chi connectivity index (χ2n) is 14.3. The molecule has 0 saturated carbocycles. The molecule has 51 heavy (non-hydrogen) atoms. The van der Waals surface area contributed by atoms with Crippen LogP contribution in [0.25, 0.3) is 10.8 Å². The van der Waals surface area contributed by atoms with E-state index in [1.165, 1.54) is 5.56 Å². The Labute approximate surface area is 302 Å². The van der Waals surface area contributed by atoms with E-state index in [2.05, 4.69) is 46.8 Å². The molecule has 0 radical (unpaired) electrons. The van der Waals surface area contributed by atoms with Gasteiger partial charge in [-0.2, -0.15) is 0 Å². The van der Waals surface area contributed by atoms with Gasteiger partial charge >= 0.3 is 0 Å². The van der Waals surface area contributed by atoms with E-state index in [-0.39, 0.29) is 17.0 Å². The van der Waals surface area contributed by atoms with Crippen LogP contribution in [-0.2, 0) is 11.0 Å². The Kier molecular flexibility index (Phi) is 10.2. The van der Waals surface area contributed by atoms with E-state index in [1.54, 1.807) is 0 Å². The number of ether oxygens (including phenoxy) is 2. The van der Waals surface area contributed by atoms with Crippen LogP contribution in [-0.4, -0.2) is 11.6 Å². The Morgan fingerprint density at radius 1 is 0.529 bits per heavy atom. The van der Waals surface area contributed by atoms with Crippen molar-refractivity contribution < 1.29 is 19.1 Å². The molecule has 0 fully saturated rings. The number of carbonyl (C=O) groups excluding carboxylic acids is 2. The maximum Gasteiger partial charge on any atom is 0.193 e. The van der Waals surface area contributed by atoms with Gasteiger partial charge in [0.1, 0.15) is 22.8 Å². The van der Waals surface area contributed by atoms with Crippen LogP contribution in [0.1, 0.15) is 102 Å². The summed E-state index contributed by atoms with van der Waals surface area (Å²) in [4.78, 5) is 26.2. The number of benzene rings is 6. The lowest BCUT2D eigenvalue weighted by molar-refractivity contribution is 0.0826. The summed E-state index contributed by atoms with van der Waals surface area (Å²) in [5, 5.41) is 2.05. The van der Waals surface area contributed by atoms with Crippen molar-refractivity contribution >= 4 is 22.3 Å². The Hall–Kier alpha value is -5.48. The van der Waals surface area contributed by atoms with Gasteiger partial charge in [0.05, 0.1) is 0 Å². The van der Waals surface area contributed by atoms with Gasteiger partial charge in [0.15, 0.2) is 11.6 Å². The molecule has 0 N–H and O–H groups in total. The molecule has 0 heterocycles. The summed E-state index contributed by atoms with van der Waals surface area (Å²) in [6.45, 7) is 12.9. The molecule has 1 unspecified atom stereocenters. The summed E-state index contributed by atoms with van der Waals surface area (Å²) in [6.07, 6.45) is 2.97. The predicted octanol–water partition coefficient (Wildman–Crippen LogP) is 12.2. The van der Waals surface area contributed by atoms with Crippen LogP contribution in [0.5, 0.6) is 17.2 Å². The second kappa shape index (κ2) is 14.8. The van der Waals surface area contributed by atoms with Crippen LogP contribution in [0.4, 0.5) is 0 Å². The fraction of sp³-hybridized carbons (Fsp3) is 0.234. The van der Waals surface area contributed by atoms with Crippen LogP contribution in [0.15, 0.2) is 133 Å². The molecule has 1 atom stereocenters. The highest BCUT2D eigenvalue weighted by molar-refractivity contribution is 6.09. The number of fused-ring (bicyclic) bond motifs is 1. The zero-order valence-electron chi connectivity index (χ0n) is 30.5. The van der Waals surface area contributed by atoms with Gasteiger partial charge in [-0.05, 0) is 103 Å². The molecule has 4 heteroatoms. The van der Waals surface area contributed by atoms with Gasteiger partial charge in [0.25, 0.3) is 0 Å². The van der Waals surface area contributed by atoms with Crippen molar-refractivity contribution in [2.45, 2.75) is 71.8 Å². The monoisotopic (exact) mass is 674 g/mol. The number of ketones is 2. The van der Waals surface area contributed by atoms with Gasteiger partial charge < -0.3 is 9.47 Å². The zero-order chi connectivity index (χ0) is 36.2. The molecule has 0 aliphatic rings. The van der Waals surface area contributed by atoms with Gasteiger partial charge in [0.2, 0.25) is 0 Å². The molecule has 6 aromatic carbocycles. The van der Waals surface area contributed by atoms with E-state index < -0.39 is 5.60 Å². The average Bonchev–Trinajstić information content (AvgIpc) is 3.15. The maximum absolute atomic E-state index is 13.2. The molecule has 258 valence electrons. The standard InChI is InChI=1S/C47H46O4/c1-7-29-46(4,5)39-21-13-34(14-22-39)45(49)36-17-25-41(26-18-36)50-42-27-19-38-31-43(28-20-37(38)30-42)51-47(6,8-2)40-23-15-35(16-24-40)44(48)33-11-9-32(3)10-12-33/h9-28,30-31H,7-8,29H2,1-6H3. The van der Waals surface area contributed by atoms with Crippen LogP contribution >= 0.6 is 0 Å². The molecule has 0 aliphatic carbocycles. The number of hydrogen-bond donors (Lipinski definition) is 0. The minimum absolute atomic E-state index is 0.00507. The SMILES string of the molecule is CCCC(C)(C)c1ccc(C(=O)c2ccc(Oc3ccc4cc(OC(C)(CC)c5ccc(C(=O)c6ccc(C)cc6)cc5)ccc4c3)cc2)cc1. The molecule has 6 aromatic rings. The third-order valence-electron chi connectivity index (χ3n) is 10.0. The van der Waals surface area contributed by atoms with E-state index in [1.807, 2.05) is 128 Å². The number of rotatable bonds is 13. The summed E-state index contributed by atoms with van der Waals surface area (Å²) < 4.78 is 12.8. The highest BCUT2D eigenvalue weighted by atomic mass is 16.5. The Morgan fingerprint density at radius 2 is 0.961 bits per heavy atom. The first-order chi connectivity index (χ1) is 24.5.